The molecule has 2 fully saturated rings. The molecule has 0 aliphatic carbocycles. The molecule has 0 aromatic heterocycles. The van der Waals surface area contributed by atoms with Crippen molar-refractivity contribution in [3.63, 3.8) is 0 Å². The molecule has 96 valence electrons. The van der Waals surface area contributed by atoms with Crippen LogP contribution in [0.15, 0.2) is 0 Å². The van der Waals surface area contributed by atoms with Gasteiger partial charge in [0.15, 0.2) is 9.84 Å². The van der Waals surface area contributed by atoms with Gasteiger partial charge in [-0.1, -0.05) is 0 Å². The van der Waals surface area contributed by atoms with Gasteiger partial charge in [-0.3, -0.25) is 9.59 Å². The Morgan fingerprint density at radius 2 is 2.12 bits per heavy atom. The van der Waals surface area contributed by atoms with E-state index in [1.165, 1.54) is 0 Å². The van der Waals surface area contributed by atoms with E-state index >= 15 is 0 Å². The summed E-state index contributed by atoms with van der Waals surface area (Å²) < 4.78 is 22.6. The third-order valence-corrected chi connectivity index (χ3v) is 5.04. The summed E-state index contributed by atoms with van der Waals surface area (Å²) in [5.74, 6) is 0.159. The Bertz CT molecular complexity index is 432. The van der Waals surface area contributed by atoms with Gasteiger partial charge < -0.3 is 10.2 Å². The summed E-state index contributed by atoms with van der Waals surface area (Å²) in [6, 6.07) is 0. The topological polar surface area (TPSA) is 83.6 Å². The summed E-state index contributed by atoms with van der Waals surface area (Å²) in [6.07, 6.45) is 0.915. The Morgan fingerprint density at radius 1 is 1.35 bits per heavy atom. The molecule has 17 heavy (non-hydrogen) atoms. The van der Waals surface area contributed by atoms with Gasteiger partial charge in [0.05, 0.1) is 18.1 Å². The lowest BCUT2D eigenvalue weighted by molar-refractivity contribution is -0.130. The van der Waals surface area contributed by atoms with Crippen LogP contribution < -0.4 is 5.32 Å². The fourth-order valence-electron chi connectivity index (χ4n) is 2.26. The maximum absolute atomic E-state index is 11.7. The molecule has 1 atom stereocenters. The van der Waals surface area contributed by atoms with Gasteiger partial charge in [-0.15, -0.1) is 0 Å². The minimum atomic E-state index is -2.90. The minimum Gasteiger partial charge on any atom is -0.347 e. The van der Waals surface area contributed by atoms with Gasteiger partial charge in [0.2, 0.25) is 11.8 Å². The molecule has 2 saturated heterocycles. The highest BCUT2D eigenvalue weighted by atomic mass is 32.2. The Kier molecular flexibility index (Phi) is 3.37. The predicted octanol–water partition coefficient (Wildman–Crippen LogP) is -1.23. The minimum absolute atomic E-state index is 0.0251. The molecule has 1 unspecified atom stereocenters. The van der Waals surface area contributed by atoms with Crippen molar-refractivity contribution < 1.29 is 18.0 Å². The molecule has 2 amide bonds. The lowest BCUT2D eigenvalue weighted by Gasteiger charge is -2.22. The molecule has 0 aromatic carbocycles. The van der Waals surface area contributed by atoms with E-state index < -0.39 is 9.84 Å². The number of carbonyl (C=O) groups excluding carboxylic acids is 2. The average molecular weight is 260 g/mol. The third-order valence-electron chi connectivity index (χ3n) is 3.20. The zero-order chi connectivity index (χ0) is 12.5. The van der Waals surface area contributed by atoms with Crippen LogP contribution in [-0.4, -0.2) is 56.3 Å². The number of hydrogen-bond acceptors (Lipinski definition) is 4. The van der Waals surface area contributed by atoms with Crippen molar-refractivity contribution in [2.24, 2.45) is 5.92 Å². The molecule has 2 aliphatic rings. The van der Waals surface area contributed by atoms with Gasteiger partial charge >= 0.3 is 0 Å². The molecular formula is C10H16N2O4S. The smallest absolute Gasteiger partial charge is 0.241 e. The van der Waals surface area contributed by atoms with Gasteiger partial charge in [0, 0.05) is 19.5 Å². The van der Waals surface area contributed by atoms with Crippen LogP contribution in [0.1, 0.15) is 12.8 Å². The van der Waals surface area contributed by atoms with E-state index in [9.17, 15) is 18.0 Å². The van der Waals surface area contributed by atoms with Crippen LogP contribution in [-0.2, 0) is 19.4 Å². The average Bonchev–Trinajstić information content (AvgIpc) is 2.52. The molecule has 0 aromatic rings. The molecule has 2 aliphatic heterocycles. The van der Waals surface area contributed by atoms with Crippen molar-refractivity contribution in [2.75, 3.05) is 31.1 Å². The number of rotatable bonds is 2. The summed E-state index contributed by atoms with van der Waals surface area (Å²) in [5.41, 5.74) is 0. The monoisotopic (exact) mass is 260 g/mol. The second-order valence-corrected chi connectivity index (χ2v) is 6.86. The summed E-state index contributed by atoms with van der Waals surface area (Å²) in [4.78, 5) is 24.4. The third kappa shape index (κ3) is 3.18. The Balaban J connectivity index is 1.94. The molecule has 1 N–H and O–H groups in total. The van der Waals surface area contributed by atoms with Gasteiger partial charge in [-0.25, -0.2) is 8.42 Å². The Labute approximate surface area is 100 Å². The zero-order valence-corrected chi connectivity index (χ0v) is 10.3. The van der Waals surface area contributed by atoms with E-state index in [1.807, 2.05) is 0 Å². The van der Waals surface area contributed by atoms with E-state index in [1.54, 1.807) is 4.90 Å². The predicted molar refractivity (Wildman–Crippen MR) is 61.0 cm³/mol. The molecule has 2 rings (SSSR count). The summed E-state index contributed by atoms with van der Waals surface area (Å²) in [7, 11) is -2.90. The Hall–Kier alpha value is -1.11. The first kappa shape index (κ1) is 12.3. The van der Waals surface area contributed by atoms with Gasteiger partial charge in [0.25, 0.3) is 0 Å². The first-order chi connectivity index (χ1) is 7.96. The molecule has 6 nitrogen and oxygen atoms in total. The highest BCUT2D eigenvalue weighted by molar-refractivity contribution is 7.91. The van der Waals surface area contributed by atoms with Crippen LogP contribution in [0.2, 0.25) is 0 Å². The van der Waals surface area contributed by atoms with Crippen molar-refractivity contribution in [1.82, 2.24) is 10.2 Å². The molecule has 0 bridgehead atoms. The van der Waals surface area contributed by atoms with E-state index in [-0.39, 0.29) is 35.8 Å². The number of hydrogen-bond donors (Lipinski definition) is 1. The van der Waals surface area contributed by atoms with E-state index in [0.717, 1.165) is 0 Å². The quantitative estimate of drug-likeness (QED) is 0.674. The highest BCUT2D eigenvalue weighted by Gasteiger charge is 2.31. The second-order valence-electron chi connectivity index (χ2n) is 4.64. The van der Waals surface area contributed by atoms with Gasteiger partial charge in [-0.05, 0) is 12.3 Å². The maximum Gasteiger partial charge on any atom is 0.241 e. The van der Waals surface area contributed by atoms with Crippen LogP contribution in [0, 0.1) is 5.92 Å². The fraction of sp³-hybridized carbons (Fsp3) is 0.800. The SMILES string of the molecule is O=C1CCN(CC2CCS(=O)(=O)C2)C(=O)CN1. The van der Waals surface area contributed by atoms with Crippen LogP contribution in [0.25, 0.3) is 0 Å². The van der Waals surface area contributed by atoms with Crippen LogP contribution in [0.3, 0.4) is 0 Å². The van der Waals surface area contributed by atoms with E-state index in [0.29, 0.717) is 25.9 Å². The number of carbonyl (C=O) groups is 2. The van der Waals surface area contributed by atoms with Crippen molar-refractivity contribution in [3.8, 4) is 0 Å². The lowest BCUT2D eigenvalue weighted by Crippen LogP contribution is -2.38. The molecule has 0 saturated carbocycles. The molecule has 0 spiro atoms. The summed E-state index contributed by atoms with van der Waals surface area (Å²) in [5, 5.41) is 2.52. The first-order valence-corrected chi connectivity index (χ1v) is 7.53. The van der Waals surface area contributed by atoms with E-state index in [2.05, 4.69) is 5.32 Å². The molecule has 2 heterocycles. The second kappa shape index (κ2) is 4.64. The number of nitrogens with zero attached hydrogens (tertiary/aromatic N) is 1. The normalized spacial score (nSPS) is 28.9. The molecular weight excluding hydrogens is 244 g/mol. The number of amides is 2. The fourth-order valence-corrected chi connectivity index (χ4v) is 4.11. The van der Waals surface area contributed by atoms with Crippen molar-refractivity contribution in [2.45, 2.75) is 12.8 Å². The van der Waals surface area contributed by atoms with Crippen LogP contribution in [0.5, 0.6) is 0 Å². The zero-order valence-electron chi connectivity index (χ0n) is 9.52. The van der Waals surface area contributed by atoms with Crippen molar-refractivity contribution >= 4 is 21.7 Å². The summed E-state index contributed by atoms with van der Waals surface area (Å²) >= 11 is 0. The Morgan fingerprint density at radius 3 is 2.76 bits per heavy atom. The van der Waals surface area contributed by atoms with Crippen molar-refractivity contribution in [3.05, 3.63) is 0 Å². The van der Waals surface area contributed by atoms with Gasteiger partial charge in [0.1, 0.15) is 0 Å². The van der Waals surface area contributed by atoms with Crippen molar-refractivity contribution in [1.29, 1.82) is 0 Å². The maximum atomic E-state index is 11.7. The molecule has 0 radical (unpaired) electrons. The first-order valence-electron chi connectivity index (χ1n) is 5.71. The summed E-state index contributed by atoms with van der Waals surface area (Å²) in [6.45, 7) is 0.868. The lowest BCUT2D eigenvalue weighted by atomic mass is 10.1. The van der Waals surface area contributed by atoms with Crippen LogP contribution in [0.4, 0.5) is 0 Å². The van der Waals surface area contributed by atoms with Gasteiger partial charge in [-0.2, -0.15) is 0 Å². The molecule has 7 heteroatoms. The standard InChI is InChI=1S/C10H16N2O4S/c13-9-1-3-12(10(14)5-11-9)6-8-2-4-17(15,16)7-8/h8H,1-7H2,(H,11,13). The highest BCUT2D eigenvalue weighted by Crippen LogP contribution is 2.19. The van der Waals surface area contributed by atoms with E-state index in [4.69, 9.17) is 0 Å². The number of sulfone groups is 1. The largest absolute Gasteiger partial charge is 0.347 e. The number of nitrogens with one attached hydrogen (secondary N) is 1. The van der Waals surface area contributed by atoms with Crippen LogP contribution >= 0.6 is 0 Å².